The molecule has 0 aliphatic rings. The second kappa shape index (κ2) is 4.35. The summed E-state index contributed by atoms with van der Waals surface area (Å²) in [5, 5.41) is 19.0. The van der Waals surface area contributed by atoms with Gasteiger partial charge in [0.1, 0.15) is 6.61 Å². The third-order valence-electron chi connectivity index (χ3n) is 1.55. The fraction of sp³-hybridized carbons (Fsp3) is 0.125. The van der Waals surface area contributed by atoms with E-state index in [2.05, 4.69) is 4.74 Å². The van der Waals surface area contributed by atoms with Crippen molar-refractivity contribution in [3.05, 3.63) is 40.5 Å². The van der Waals surface area contributed by atoms with E-state index in [1.807, 2.05) is 0 Å². The minimum Gasteiger partial charge on any atom is -0.398 e. The zero-order valence-corrected chi connectivity index (χ0v) is 7.56. The van der Waals surface area contributed by atoms with Crippen LogP contribution in [-0.2, 0) is 0 Å². The summed E-state index contributed by atoms with van der Waals surface area (Å²) in [5.41, 5.74) is -0.874. The average Bonchev–Trinajstić information content (AvgIpc) is 2.15. The Morgan fingerprint density at radius 3 is 2.50 bits per heavy atom. The summed E-state index contributed by atoms with van der Waals surface area (Å²) in [7, 11) is 0. The van der Waals surface area contributed by atoms with Gasteiger partial charge in [0.05, 0.1) is 4.92 Å². The third-order valence-corrected chi connectivity index (χ3v) is 1.55. The van der Waals surface area contributed by atoms with Gasteiger partial charge < -0.3 is 9.84 Å². The van der Waals surface area contributed by atoms with Gasteiger partial charge in [-0.2, -0.15) is 0 Å². The van der Waals surface area contributed by atoms with Gasteiger partial charge in [-0.15, -0.1) is 13.2 Å². The molecule has 0 aliphatic heterocycles. The molecule has 0 unspecified atom stereocenters. The van der Waals surface area contributed by atoms with E-state index in [1.54, 1.807) is 0 Å². The largest absolute Gasteiger partial charge is 0.573 e. The highest BCUT2D eigenvalue weighted by Crippen LogP contribution is 2.32. The van der Waals surface area contributed by atoms with Gasteiger partial charge in [-0.1, -0.05) is 6.07 Å². The number of hydrogen-bond acceptors (Lipinski definition) is 4. The maximum absolute atomic E-state index is 11.9. The van der Waals surface area contributed by atoms with E-state index in [0.29, 0.717) is 6.61 Å². The third kappa shape index (κ3) is 3.09. The molecule has 1 aromatic rings. The number of aliphatic hydroxyl groups excluding tert-OH is 1. The van der Waals surface area contributed by atoms with Crippen LogP contribution in [0.15, 0.2) is 18.2 Å². The number of alkyl halides is 3. The molecule has 16 heavy (non-hydrogen) atoms. The van der Waals surface area contributed by atoms with Gasteiger partial charge in [-0.3, -0.25) is 10.1 Å². The number of nitro groups is 1. The summed E-state index contributed by atoms with van der Waals surface area (Å²) >= 11 is 0. The van der Waals surface area contributed by atoms with E-state index in [0.717, 1.165) is 18.2 Å². The molecule has 5 nitrogen and oxygen atoms in total. The van der Waals surface area contributed by atoms with Crippen molar-refractivity contribution in [3.8, 4) is 5.75 Å². The molecule has 0 aliphatic carbocycles. The van der Waals surface area contributed by atoms with Gasteiger partial charge in [0.25, 0.3) is 0 Å². The summed E-state index contributed by atoms with van der Waals surface area (Å²) < 4.78 is 39.1. The van der Waals surface area contributed by atoms with Crippen LogP contribution in [-0.4, -0.2) is 16.4 Å². The number of aliphatic hydroxyl groups is 1. The van der Waals surface area contributed by atoms with Crippen LogP contribution in [0.4, 0.5) is 18.9 Å². The van der Waals surface area contributed by atoms with Crippen molar-refractivity contribution < 1.29 is 27.9 Å². The average molecular weight is 236 g/mol. The predicted molar refractivity (Wildman–Crippen MR) is 45.1 cm³/mol. The number of benzene rings is 1. The van der Waals surface area contributed by atoms with Crippen molar-refractivity contribution in [2.24, 2.45) is 0 Å². The van der Waals surface area contributed by atoms with Gasteiger partial charge in [-0.05, 0) is 11.6 Å². The van der Waals surface area contributed by atoms with Gasteiger partial charge in [0.2, 0.25) is 5.75 Å². The topological polar surface area (TPSA) is 72.6 Å². The first kappa shape index (κ1) is 12.2. The Labute approximate surface area is 87.2 Å². The first-order chi connectivity index (χ1) is 7.33. The van der Waals surface area contributed by atoms with E-state index in [9.17, 15) is 23.3 Å². The Bertz CT molecular complexity index is 405. The smallest absolute Gasteiger partial charge is 0.398 e. The number of nitrogens with zero attached hydrogens (tertiary/aromatic N) is 1. The van der Waals surface area contributed by atoms with Crippen molar-refractivity contribution in [2.45, 2.75) is 6.36 Å². The van der Waals surface area contributed by atoms with Crippen LogP contribution in [0, 0.1) is 16.7 Å². The highest BCUT2D eigenvalue weighted by molar-refractivity contribution is 5.49. The molecule has 87 valence electrons. The first-order valence-electron chi connectivity index (χ1n) is 3.85. The fourth-order valence-electron chi connectivity index (χ4n) is 0.968. The van der Waals surface area contributed by atoms with Crippen LogP contribution < -0.4 is 4.74 Å². The molecule has 0 bridgehead atoms. The second-order valence-electron chi connectivity index (χ2n) is 2.66. The van der Waals surface area contributed by atoms with Gasteiger partial charge in [0, 0.05) is 6.07 Å². The minimum absolute atomic E-state index is 0.00113. The number of nitro benzene ring substituents is 1. The highest BCUT2D eigenvalue weighted by atomic mass is 19.4. The maximum Gasteiger partial charge on any atom is 0.573 e. The summed E-state index contributed by atoms with van der Waals surface area (Å²) in [6.45, 7) is 0.532. The molecular formula is C8H5F3NO4. The first-order valence-corrected chi connectivity index (χ1v) is 3.85. The van der Waals surface area contributed by atoms with E-state index in [1.165, 1.54) is 0 Å². The number of rotatable bonds is 3. The second-order valence-corrected chi connectivity index (χ2v) is 2.66. The van der Waals surface area contributed by atoms with E-state index in [4.69, 9.17) is 5.11 Å². The van der Waals surface area contributed by atoms with E-state index in [-0.39, 0.29) is 5.56 Å². The minimum atomic E-state index is -5.00. The quantitative estimate of drug-likeness (QED) is 0.645. The van der Waals surface area contributed by atoms with E-state index >= 15 is 0 Å². The fourth-order valence-corrected chi connectivity index (χ4v) is 0.968. The Kier molecular flexibility index (Phi) is 3.33. The van der Waals surface area contributed by atoms with Gasteiger partial charge in [0.15, 0.2) is 0 Å². The van der Waals surface area contributed by atoms with Crippen LogP contribution in [0.1, 0.15) is 5.56 Å². The number of ether oxygens (including phenoxy) is 1. The lowest BCUT2D eigenvalue weighted by molar-refractivity contribution is -0.388. The Hall–Kier alpha value is -1.83. The normalized spacial score (nSPS) is 11.2. The Balaban J connectivity index is 3.13. The Morgan fingerprint density at radius 1 is 1.44 bits per heavy atom. The molecule has 0 atom stereocenters. The summed E-state index contributed by atoms with van der Waals surface area (Å²) in [5.74, 6) is -0.928. The summed E-state index contributed by atoms with van der Waals surface area (Å²) in [6, 6.07) is 2.57. The lowest BCUT2D eigenvalue weighted by Gasteiger charge is -2.09. The van der Waals surface area contributed by atoms with Crippen LogP contribution in [0.5, 0.6) is 5.75 Å². The molecule has 8 heteroatoms. The van der Waals surface area contributed by atoms with Crippen LogP contribution >= 0.6 is 0 Å². The van der Waals surface area contributed by atoms with Crippen molar-refractivity contribution >= 4 is 5.69 Å². The van der Waals surface area contributed by atoms with Crippen molar-refractivity contribution in [1.29, 1.82) is 0 Å². The molecule has 0 fully saturated rings. The zero-order chi connectivity index (χ0) is 12.3. The van der Waals surface area contributed by atoms with Gasteiger partial charge in [-0.25, -0.2) is 0 Å². The molecular weight excluding hydrogens is 231 g/mol. The number of halogens is 3. The molecule has 1 radical (unpaired) electrons. The monoisotopic (exact) mass is 236 g/mol. The molecule has 0 spiro atoms. The lowest BCUT2D eigenvalue weighted by Crippen LogP contribution is -2.18. The van der Waals surface area contributed by atoms with Crippen molar-refractivity contribution in [2.75, 3.05) is 0 Å². The van der Waals surface area contributed by atoms with Crippen molar-refractivity contribution in [3.63, 3.8) is 0 Å². The molecule has 0 aromatic heterocycles. The summed E-state index contributed by atoms with van der Waals surface area (Å²) in [4.78, 5) is 9.40. The van der Waals surface area contributed by atoms with E-state index < -0.39 is 22.7 Å². The molecule has 0 amide bonds. The summed E-state index contributed by atoms with van der Waals surface area (Å²) in [6.07, 6.45) is -5.00. The standard InChI is InChI=1S/C8H5F3NO4/c9-8(10,11)16-7-2-1-5(4-13)3-6(7)12(14)15/h1-4,13H. The highest BCUT2D eigenvalue weighted by Gasteiger charge is 2.34. The van der Waals surface area contributed by atoms with Crippen molar-refractivity contribution in [1.82, 2.24) is 0 Å². The predicted octanol–water partition coefficient (Wildman–Crippen LogP) is 2.38. The number of hydrogen-bond donors (Lipinski definition) is 1. The molecule has 0 saturated heterocycles. The Morgan fingerprint density at radius 2 is 2.06 bits per heavy atom. The van der Waals surface area contributed by atoms with Crippen LogP contribution in [0.3, 0.4) is 0 Å². The zero-order valence-electron chi connectivity index (χ0n) is 7.56. The maximum atomic E-state index is 11.9. The van der Waals surface area contributed by atoms with Crippen LogP contribution in [0.2, 0.25) is 0 Å². The van der Waals surface area contributed by atoms with Crippen LogP contribution in [0.25, 0.3) is 0 Å². The molecule has 1 aromatic carbocycles. The SMILES string of the molecule is O=[N+]([O-])c1cc([CH]O)ccc1OC(F)(F)F. The van der Waals surface area contributed by atoms with Gasteiger partial charge >= 0.3 is 12.0 Å². The molecule has 0 saturated carbocycles. The molecule has 1 N–H and O–H groups in total. The lowest BCUT2D eigenvalue weighted by atomic mass is 10.2. The molecule has 0 heterocycles. The molecule has 1 rings (SSSR count).